The molecule has 3 aromatic carbocycles. The van der Waals surface area contributed by atoms with Gasteiger partial charge in [-0.3, -0.25) is 20.2 Å². The van der Waals surface area contributed by atoms with Crippen LogP contribution in [0.3, 0.4) is 0 Å². The van der Waals surface area contributed by atoms with Crippen molar-refractivity contribution in [3.05, 3.63) is 103 Å². The molecule has 0 atom stereocenters. The number of nitrogens with zero attached hydrogens (tertiary/aromatic N) is 5. The van der Waals surface area contributed by atoms with Gasteiger partial charge in [0.1, 0.15) is 11.8 Å². The van der Waals surface area contributed by atoms with E-state index in [1.807, 2.05) is 0 Å². The Bertz CT molecular complexity index is 1440. The Balaban J connectivity index is 1.99. The molecule has 162 valence electrons. The highest BCUT2D eigenvalue weighted by Gasteiger charge is 2.24. The summed E-state index contributed by atoms with van der Waals surface area (Å²) in [5.41, 5.74) is 2.07. The molecule has 4 rings (SSSR count). The van der Waals surface area contributed by atoms with Gasteiger partial charge in [-0.05, 0) is 48.0 Å². The Morgan fingerprint density at radius 3 is 1.97 bits per heavy atom. The SMILES string of the molecule is N#Cc1c(-c2ccc([N+](=O)[O-])cc2)c(-c2ccc(Cl)cc2Cl)nn1-c1ccc([N+](=O)[O-])cc1. The van der Waals surface area contributed by atoms with Gasteiger partial charge in [-0.2, -0.15) is 10.4 Å². The molecule has 0 spiro atoms. The van der Waals surface area contributed by atoms with Crippen LogP contribution in [-0.2, 0) is 0 Å². The molecule has 0 unspecified atom stereocenters. The maximum atomic E-state index is 11.1. The van der Waals surface area contributed by atoms with Gasteiger partial charge in [-0.15, -0.1) is 0 Å². The normalized spacial score (nSPS) is 10.6. The number of benzene rings is 3. The maximum absolute atomic E-state index is 11.1. The lowest BCUT2D eigenvalue weighted by atomic mass is 9.98. The Kier molecular flexibility index (Phi) is 5.79. The quantitative estimate of drug-likeness (QED) is 0.247. The van der Waals surface area contributed by atoms with Gasteiger partial charge < -0.3 is 0 Å². The van der Waals surface area contributed by atoms with Crippen molar-refractivity contribution in [1.29, 1.82) is 5.26 Å². The zero-order valence-corrected chi connectivity index (χ0v) is 18.0. The van der Waals surface area contributed by atoms with E-state index >= 15 is 0 Å². The summed E-state index contributed by atoms with van der Waals surface area (Å²) in [4.78, 5) is 21.0. The number of nitro benzene ring substituents is 2. The van der Waals surface area contributed by atoms with E-state index in [1.165, 1.54) is 59.3 Å². The Hall–Kier alpha value is -4.26. The molecule has 0 saturated carbocycles. The fourth-order valence-corrected chi connectivity index (χ4v) is 3.82. The van der Waals surface area contributed by atoms with Crippen molar-refractivity contribution in [3.63, 3.8) is 0 Å². The molecular weight excluding hydrogens is 469 g/mol. The third kappa shape index (κ3) is 4.13. The van der Waals surface area contributed by atoms with Gasteiger partial charge in [-0.1, -0.05) is 23.2 Å². The van der Waals surface area contributed by atoms with Gasteiger partial charge in [0.05, 0.1) is 20.6 Å². The molecular formula is C22H11Cl2N5O4. The molecule has 0 aliphatic carbocycles. The van der Waals surface area contributed by atoms with Crippen molar-refractivity contribution in [2.75, 3.05) is 0 Å². The van der Waals surface area contributed by atoms with E-state index in [-0.39, 0.29) is 17.1 Å². The minimum absolute atomic E-state index is 0.105. The lowest BCUT2D eigenvalue weighted by Gasteiger charge is -2.06. The van der Waals surface area contributed by atoms with E-state index < -0.39 is 9.85 Å². The minimum Gasteiger partial charge on any atom is -0.258 e. The molecule has 0 aliphatic heterocycles. The fourth-order valence-electron chi connectivity index (χ4n) is 3.32. The van der Waals surface area contributed by atoms with Gasteiger partial charge in [0.25, 0.3) is 11.4 Å². The number of nitro groups is 2. The van der Waals surface area contributed by atoms with Crippen molar-refractivity contribution in [2.24, 2.45) is 0 Å². The van der Waals surface area contributed by atoms with E-state index in [1.54, 1.807) is 12.1 Å². The van der Waals surface area contributed by atoms with Gasteiger partial charge in [-0.25, -0.2) is 4.68 Å². The largest absolute Gasteiger partial charge is 0.269 e. The number of hydrogen-bond acceptors (Lipinski definition) is 6. The maximum Gasteiger partial charge on any atom is 0.269 e. The van der Waals surface area contributed by atoms with Gasteiger partial charge in [0, 0.05) is 40.4 Å². The van der Waals surface area contributed by atoms with Crippen molar-refractivity contribution in [1.82, 2.24) is 9.78 Å². The van der Waals surface area contributed by atoms with Crippen molar-refractivity contribution in [2.45, 2.75) is 0 Å². The summed E-state index contributed by atoms with van der Waals surface area (Å²) in [5.74, 6) is 0. The number of halogens is 2. The first-order chi connectivity index (χ1) is 15.8. The summed E-state index contributed by atoms with van der Waals surface area (Å²) >= 11 is 12.4. The van der Waals surface area contributed by atoms with Crippen LogP contribution in [0.5, 0.6) is 0 Å². The topological polar surface area (TPSA) is 128 Å². The lowest BCUT2D eigenvalue weighted by Crippen LogP contribution is -2.00. The van der Waals surface area contributed by atoms with E-state index in [2.05, 4.69) is 11.2 Å². The molecule has 0 saturated heterocycles. The summed E-state index contributed by atoms with van der Waals surface area (Å²) in [7, 11) is 0. The predicted molar refractivity (Wildman–Crippen MR) is 122 cm³/mol. The number of hydrogen-bond donors (Lipinski definition) is 0. The summed E-state index contributed by atoms with van der Waals surface area (Å²) in [5, 5.41) is 37.3. The van der Waals surface area contributed by atoms with E-state index in [9.17, 15) is 25.5 Å². The van der Waals surface area contributed by atoms with Crippen LogP contribution in [0.15, 0.2) is 66.7 Å². The van der Waals surface area contributed by atoms with E-state index in [0.717, 1.165) is 0 Å². The van der Waals surface area contributed by atoms with Crippen LogP contribution in [0.1, 0.15) is 5.69 Å². The molecule has 33 heavy (non-hydrogen) atoms. The number of aromatic nitrogens is 2. The van der Waals surface area contributed by atoms with Crippen LogP contribution in [-0.4, -0.2) is 19.6 Å². The highest BCUT2D eigenvalue weighted by atomic mass is 35.5. The minimum atomic E-state index is -0.528. The smallest absolute Gasteiger partial charge is 0.258 e. The molecule has 0 N–H and O–H groups in total. The third-order valence-corrected chi connectivity index (χ3v) is 5.40. The Morgan fingerprint density at radius 2 is 1.45 bits per heavy atom. The number of non-ortho nitro benzene ring substituents is 2. The monoisotopic (exact) mass is 479 g/mol. The van der Waals surface area contributed by atoms with Crippen molar-refractivity contribution in [3.8, 4) is 34.1 Å². The predicted octanol–water partition coefficient (Wildman–Crippen LogP) is 6.20. The first-order valence-electron chi connectivity index (χ1n) is 9.28. The second kappa shape index (κ2) is 8.70. The van der Waals surface area contributed by atoms with Crippen molar-refractivity contribution >= 4 is 34.6 Å². The molecule has 1 heterocycles. The van der Waals surface area contributed by atoms with Crippen LogP contribution in [0.4, 0.5) is 11.4 Å². The summed E-state index contributed by atoms with van der Waals surface area (Å²) in [6.07, 6.45) is 0. The van der Waals surface area contributed by atoms with Gasteiger partial charge in [0.2, 0.25) is 0 Å². The Labute approximate surface area is 196 Å². The number of nitriles is 1. The number of rotatable bonds is 5. The van der Waals surface area contributed by atoms with E-state index in [0.29, 0.717) is 38.1 Å². The molecule has 0 fully saturated rings. The third-order valence-electron chi connectivity index (χ3n) is 4.85. The lowest BCUT2D eigenvalue weighted by molar-refractivity contribution is -0.385. The highest BCUT2D eigenvalue weighted by Crippen LogP contribution is 2.39. The molecule has 1 aromatic heterocycles. The summed E-state index contributed by atoms with van der Waals surface area (Å²) in [6, 6.07) is 18.2. The highest BCUT2D eigenvalue weighted by molar-refractivity contribution is 6.36. The molecule has 0 radical (unpaired) electrons. The first-order valence-corrected chi connectivity index (χ1v) is 10.0. The zero-order valence-electron chi connectivity index (χ0n) is 16.5. The Morgan fingerprint density at radius 1 is 0.879 bits per heavy atom. The summed E-state index contributed by atoms with van der Waals surface area (Å²) in [6.45, 7) is 0. The van der Waals surface area contributed by atoms with Gasteiger partial charge >= 0.3 is 0 Å². The zero-order chi connectivity index (χ0) is 23.7. The second-order valence-corrected chi connectivity index (χ2v) is 7.64. The molecule has 0 bridgehead atoms. The standard InChI is InChI=1S/C22H11Cl2N5O4/c23-14-3-10-18(19(24)11-14)22-21(13-1-4-16(5-2-13)28(30)31)20(12-25)27(26-22)15-6-8-17(9-7-15)29(32)33/h1-11H. The van der Waals surface area contributed by atoms with Crippen LogP contribution in [0, 0.1) is 31.6 Å². The fraction of sp³-hybridized carbons (Fsp3) is 0. The van der Waals surface area contributed by atoms with Crippen LogP contribution < -0.4 is 0 Å². The molecule has 0 amide bonds. The second-order valence-electron chi connectivity index (χ2n) is 6.80. The van der Waals surface area contributed by atoms with Gasteiger partial charge in [0.15, 0.2) is 5.69 Å². The van der Waals surface area contributed by atoms with Crippen LogP contribution in [0.25, 0.3) is 28.1 Å². The molecule has 4 aromatic rings. The van der Waals surface area contributed by atoms with Crippen LogP contribution in [0.2, 0.25) is 10.0 Å². The average Bonchev–Trinajstić information content (AvgIpc) is 3.18. The van der Waals surface area contributed by atoms with Crippen molar-refractivity contribution < 1.29 is 9.85 Å². The summed E-state index contributed by atoms with van der Waals surface area (Å²) < 4.78 is 1.35. The first kappa shape index (κ1) is 22.0. The van der Waals surface area contributed by atoms with Crippen LogP contribution >= 0.6 is 23.2 Å². The molecule has 9 nitrogen and oxygen atoms in total. The van der Waals surface area contributed by atoms with E-state index in [4.69, 9.17) is 23.2 Å². The average molecular weight is 480 g/mol. The molecule has 0 aliphatic rings. The molecule has 11 heteroatoms.